The number of carbonyl (C=O) groups excluding carboxylic acids is 1. The van der Waals surface area contributed by atoms with Crippen LogP contribution in [-0.2, 0) is 18.4 Å². The van der Waals surface area contributed by atoms with Crippen LogP contribution in [0.15, 0.2) is 72.0 Å². The van der Waals surface area contributed by atoms with E-state index in [0.29, 0.717) is 11.7 Å². The normalized spacial score (nSPS) is 10.9. The molecule has 0 saturated heterocycles. The van der Waals surface area contributed by atoms with E-state index >= 15 is 0 Å². The highest BCUT2D eigenvalue weighted by molar-refractivity contribution is 7.99. The van der Waals surface area contributed by atoms with E-state index < -0.39 is 0 Å². The van der Waals surface area contributed by atoms with Crippen LogP contribution in [0, 0.1) is 0 Å². The maximum atomic E-state index is 12.3. The third-order valence-corrected chi connectivity index (χ3v) is 5.51. The molecule has 4 aromatic rings. The van der Waals surface area contributed by atoms with Crippen LogP contribution < -0.4 is 5.32 Å². The van der Waals surface area contributed by atoms with Gasteiger partial charge in [0.25, 0.3) is 0 Å². The smallest absolute Gasteiger partial charge is 0.234 e. The first-order valence-corrected chi connectivity index (χ1v) is 10.6. The Balaban J connectivity index is 1.56. The number of thioether (sulfide) groups is 1. The van der Waals surface area contributed by atoms with E-state index in [-0.39, 0.29) is 11.7 Å². The molecule has 0 aliphatic heterocycles. The van der Waals surface area contributed by atoms with Gasteiger partial charge < -0.3 is 9.88 Å². The van der Waals surface area contributed by atoms with Crippen LogP contribution in [0.2, 0.25) is 0 Å². The maximum Gasteiger partial charge on any atom is 0.234 e. The van der Waals surface area contributed by atoms with Gasteiger partial charge in [-0.1, -0.05) is 60.3 Å². The molecule has 30 heavy (non-hydrogen) atoms. The lowest BCUT2D eigenvalue weighted by atomic mass is 10.1. The van der Waals surface area contributed by atoms with E-state index in [1.165, 1.54) is 11.8 Å². The Morgan fingerprint density at radius 2 is 1.73 bits per heavy atom. The molecule has 0 saturated carbocycles. The van der Waals surface area contributed by atoms with Gasteiger partial charge in [-0.25, -0.2) is 0 Å². The molecule has 0 aliphatic rings. The number of aromatic nitrogens is 5. The number of hydrogen-bond donors (Lipinski definition) is 1. The second-order valence-corrected chi connectivity index (χ2v) is 7.63. The molecule has 8 heteroatoms. The lowest BCUT2D eigenvalue weighted by Crippen LogP contribution is -2.14. The van der Waals surface area contributed by atoms with E-state index in [1.807, 2.05) is 85.4 Å². The van der Waals surface area contributed by atoms with Crippen molar-refractivity contribution in [1.82, 2.24) is 24.5 Å². The van der Waals surface area contributed by atoms with E-state index in [2.05, 4.69) is 20.6 Å². The monoisotopic (exact) mass is 418 g/mol. The van der Waals surface area contributed by atoms with Crippen molar-refractivity contribution in [3.05, 3.63) is 66.9 Å². The molecule has 2 aromatic carbocycles. The number of aryl methyl sites for hydroxylation is 1. The molecule has 0 spiro atoms. The Hall–Kier alpha value is -3.39. The first-order valence-electron chi connectivity index (χ1n) is 9.66. The molecule has 2 heterocycles. The second-order valence-electron chi connectivity index (χ2n) is 6.68. The van der Waals surface area contributed by atoms with Crippen LogP contribution in [0.1, 0.15) is 6.92 Å². The van der Waals surface area contributed by atoms with Crippen LogP contribution in [0.25, 0.3) is 22.6 Å². The summed E-state index contributed by atoms with van der Waals surface area (Å²) in [5.41, 5.74) is 3.58. The van der Waals surface area contributed by atoms with Gasteiger partial charge in [0.15, 0.2) is 11.0 Å². The molecular weight excluding hydrogens is 396 g/mol. The summed E-state index contributed by atoms with van der Waals surface area (Å²) < 4.78 is 3.80. The van der Waals surface area contributed by atoms with Crippen molar-refractivity contribution in [3.8, 4) is 22.6 Å². The molecule has 0 fully saturated rings. The Kier molecular flexibility index (Phi) is 5.94. The zero-order valence-electron chi connectivity index (χ0n) is 16.8. The summed E-state index contributed by atoms with van der Waals surface area (Å²) in [6, 6.07) is 19.4. The van der Waals surface area contributed by atoms with Crippen LogP contribution in [0.3, 0.4) is 0 Å². The molecule has 4 rings (SSSR count). The van der Waals surface area contributed by atoms with Crippen molar-refractivity contribution in [3.63, 3.8) is 0 Å². The van der Waals surface area contributed by atoms with Crippen LogP contribution >= 0.6 is 11.8 Å². The van der Waals surface area contributed by atoms with Crippen LogP contribution in [0.4, 0.5) is 5.69 Å². The fourth-order valence-electron chi connectivity index (χ4n) is 3.19. The van der Waals surface area contributed by atoms with Gasteiger partial charge in [-0.2, -0.15) is 5.10 Å². The highest BCUT2D eigenvalue weighted by Gasteiger charge is 2.20. The molecular formula is C22H22N6OS. The third kappa shape index (κ3) is 4.28. The summed E-state index contributed by atoms with van der Waals surface area (Å²) in [7, 11) is 1.90. The molecule has 0 atom stereocenters. The highest BCUT2D eigenvalue weighted by atomic mass is 32.2. The van der Waals surface area contributed by atoms with Gasteiger partial charge in [-0.05, 0) is 19.1 Å². The predicted molar refractivity (Wildman–Crippen MR) is 119 cm³/mol. The fourth-order valence-corrected chi connectivity index (χ4v) is 3.99. The van der Waals surface area contributed by atoms with Crippen molar-refractivity contribution in [2.45, 2.75) is 18.6 Å². The van der Waals surface area contributed by atoms with Gasteiger partial charge in [0.1, 0.15) is 5.69 Å². The molecule has 0 unspecified atom stereocenters. The average Bonchev–Trinajstić information content (AvgIpc) is 3.36. The minimum Gasteiger partial charge on any atom is -0.325 e. The average molecular weight is 419 g/mol. The summed E-state index contributed by atoms with van der Waals surface area (Å²) in [5, 5.41) is 17.0. The Morgan fingerprint density at radius 3 is 2.43 bits per heavy atom. The summed E-state index contributed by atoms with van der Waals surface area (Å²) >= 11 is 1.37. The van der Waals surface area contributed by atoms with Crippen molar-refractivity contribution in [2.75, 3.05) is 11.1 Å². The van der Waals surface area contributed by atoms with Gasteiger partial charge in [0.2, 0.25) is 5.91 Å². The van der Waals surface area contributed by atoms with Gasteiger partial charge in [-0.3, -0.25) is 9.48 Å². The third-order valence-electron chi connectivity index (χ3n) is 4.54. The number of nitrogens with one attached hydrogen (secondary N) is 1. The number of hydrogen-bond acceptors (Lipinski definition) is 5. The largest absolute Gasteiger partial charge is 0.325 e. The van der Waals surface area contributed by atoms with E-state index in [0.717, 1.165) is 28.3 Å². The zero-order chi connectivity index (χ0) is 20.9. The molecule has 1 N–H and O–H groups in total. The molecule has 7 nitrogen and oxygen atoms in total. The molecule has 1 amide bonds. The first kappa shape index (κ1) is 19.9. The molecule has 0 radical (unpaired) electrons. The standard InChI is InChI=1S/C22H22N6OS/c1-3-28-21(18-14-27(2)26-20(18)16-10-6-4-7-11-16)24-25-22(28)30-15-19(29)23-17-12-8-5-9-13-17/h4-14H,3,15H2,1-2H3,(H,23,29). The van der Waals surface area contributed by atoms with Crippen molar-refractivity contribution >= 4 is 23.4 Å². The van der Waals surface area contributed by atoms with Gasteiger partial charge in [0.05, 0.1) is 11.3 Å². The number of amides is 1. The maximum absolute atomic E-state index is 12.3. The fraction of sp³-hybridized carbons (Fsp3) is 0.182. The Bertz CT molecular complexity index is 1140. The van der Waals surface area contributed by atoms with Gasteiger partial charge in [0, 0.05) is 31.0 Å². The number of benzene rings is 2. The summed E-state index contributed by atoms with van der Waals surface area (Å²) in [6.45, 7) is 2.73. The molecule has 0 bridgehead atoms. The predicted octanol–water partition coefficient (Wildman–Crippen LogP) is 4.10. The van der Waals surface area contributed by atoms with Gasteiger partial charge in [-0.15, -0.1) is 10.2 Å². The minimum atomic E-state index is -0.0789. The minimum absolute atomic E-state index is 0.0789. The van der Waals surface area contributed by atoms with Crippen molar-refractivity contribution in [1.29, 1.82) is 0 Å². The summed E-state index contributed by atoms with van der Waals surface area (Å²) in [6.07, 6.45) is 1.95. The van der Waals surface area contributed by atoms with Crippen molar-refractivity contribution in [2.24, 2.45) is 7.05 Å². The van der Waals surface area contributed by atoms with Crippen LogP contribution in [-0.4, -0.2) is 36.2 Å². The second kappa shape index (κ2) is 8.96. The topological polar surface area (TPSA) is 77.6 Å². The Morgan fingerprint density at radius 1 is 1.03 bits per heavy atom. The first-order chi connectivity index (χ1) is 14.7. The van der Waals surface area contributed by atoms with Crippen molar-refractivity contribution < 1.29 is 4.79 Å². The summed E-state index contributed by atoms with van der Waals surface area (Å²) in [5.74, 6) is 0.922. The number of anilines is 1. The molecule has 2 aromatic heterocycles. The number of rotatable bonds is 7. The van der Waals surface area contributed by atoms with E-state index in [1.54, 1.807) is 4.68 Å². The SMILES string of the molecule is CCn1c(SCC(=O)Nc2ccccc2)nnc1-c1cn(C)nc1-c1ccccc1. The number of nitrogens with zero attached hydrogens (tertiary/aromatic N) is 5. The quantitative estimate of drug-likeness (QED) is 0.457. The van der Waals surface area contributed by atoms with E-state index in [9.17, 15) is 4.79 Å². The molecule has 0 aliphatic carbocycles. The van der Waals surface area contributed by atoms with E-state index in [4.69, 9.17) is 0 Å². The Labute approximate surface area is 179 Å². The summed E-state index contributed by atoms with van der Waals surface area (Å²) in [4.78, 5) is 12.3. The number of carbonyl (C=O) groups is 1. The number of para-hydroxylation sites is 1. The van der Waals surface area contributed by atoms with Crippen LogP contribution in [0.5, 0.6) is 0 Å². The lowest BCUT2D eigenvalue weighted by Gasteiger charge is -2.08. The lowest BCUT2D eigenvalue weighted by molar-refractivity contribution is -0.113. The zero-order valence-corrected chi connectivity index (χ0v) is 17.6. The highest BCUT2D eigenvalue weighted by Crippen LogP contribution is 2.31. The molecule has 152 valence electrons. The van der Waals surface area contributed by atoms with Gasteiger partial charge >= 0.3 is 0 Å².